The third-order valence-electron chi connectivity index (χ3n) is 3.02. The van der Waals surface area contributed by atoms with Gasteiger partial charge in [0.25, 0.3) is 0 Å². The smallest absolute Gasteiger partial charge is 0.147 e. The van der Waals surface area contributed by atoms with E-state index in [1.165, 1.54) is 0 Å². The minimum atomic E-state index is 0.674. The molecule has 1 aromatic heterocycles. The Bertz CT molecular complexity index is 577. The van der Waals surface area contributed by atoms with Crippen molar-refractivity contribution < 1.29 is 0 Å². The molecule has 4 heteroatoms. The second-order valence-corrected chi connectivity index (χ2v) is 4.06. The van der Waals surface area contributed by atoms with Crippen LogP contribution in [-0.4, -0.2) is 16.3 Å². The second kappa shape index (κ2) is 4.04. The molecule has 0 bridgehead atoms. The Balaban J connectivity index is 2.18. The van der Waals surface area contributed by atoms with E-state index >= 15 is 0 Å². The third-order valence-corrected chi connectivity index (χ3v) is 3.02. The van der Waals surface area contributed by atoms with Crippen LogP contribution < -0.4 is 5.32 Å². The normalized spacial score (nSPS) is 14.1. The summed E-state index contributed by atoms with van der Waals surface area (Å²) in [5.41, 5.74) is 3.71. The summed E-state index contributed by atoms with van der Waals surface area (Å²) in [4.78, 5) is 0. The number of nitriles is 1. The highest BCUT2D eigenvalue weighted by atomic mass is 15.3. The lowest BCUT2D eigenvalue weighted by molar-refractivity contribution is 0.629. The van der Waals surface area contributed by atoms with Crippen molar-refractivity contribution in [3.05, 3.63) is 47.3 Å². The van der Waals surface area contributed by atoms with E-state index in [9.17, 15) is 5.26 Å². The highest BCUT2D eigenvalue weighted by molar-refractivity contribution is 5.44. The van der Waals surface area contributed by atoms with E-state index in [1.54, 1.807) is 4.68 Å². The zero-order valence-electron chi connectivity index (χ0n) is 9.35. The van der Waals surface area contributed by atoms with Crippen molar-refractivity contribution >= 4 is 0 Å². The van der Waals surface area contributed by atoms with Crippen molar-refractivity contribution in [3.63, 3.8) is 0 Å². The average Bonchev–Trinajstić information content (AvgIpc) is 2.78. The third kappa shape index (κ3) is 1.61. The number of benzene rings is 1. The van der Waals surface area contributed by atoms with Crippen LogP contribution in [0, 0.1) is 11.3 Å². The number of nitrogens with zero attached hydrogens (tertiary/aromatic N) is 3. The van der Waals surface area contributed by atoms with E-state index in [1.807, 2.05) is 30.3 Å². The van der Waals surface area contributed by atoms with Gasteiger partial charge in [-0.05, 0) is 25.1 Å². The maximum absolute atomic E-state index is 9.29. The van der Waals surface area contributed by atoms with Gasteiger partial charge in [0.1, 0.15) is 11.8 Å². The minimum absolute atomic E-state index is 0.674. The molecule has 2 heterocycles. The zero-order valence-corrected chi connectivity index (χ0v) is 9.35. The first-order valence-electron chi connectivity index (χ1n) is 5.67. The van der Waals surface area contributed by atoms with Crippen LogP contribution in [-0.2, 0) is 13.0 Å². The predicted molar refractivity (Wildman–Crippen MR) is 63.7 cm³/mol. The fourth-order valence-electron chi connectivity index (χ4n) is 2.19. The summed E-state index contributed by atoms with van der Waals surface area (Å²) < 4.78 is 1.75. The van der Waals surface area contributed by atoms with Gasteiger partial charge in [-0.15, -0.1) is 0 Å². The predicted octanol–water partition coefficient (Wildman–Crippen LogP) is 1.39. The molecule has 4 nitrogen and oxygen atoms in total. The number of para-hydroxylation sites is 1. The number of nitrogens with one attached hydrogen (secondary N) is 1. The molecule has 0 saturated carbocycles. The Morgan fingerprint density at radius 2 is 2.12 bits per heavy atom. The van der Waals surface area contributed by atoms with Crippen LogP contribution in [0.1, 0.15) is 17.0 Å². The van der Waals surface area contributed by atoms with E-state index in [2.05, 4.69) is 16.5 Å². The Morgan fingerprint density at radius 3 is 2.88 bits per heavy atom. The Hall–Kier alpha value is -2.12. The number of fused-ring (bicyclic) bond motifs is 1. The van der Waals surface area contributed by atoms with Gasteiger partial charge in [-0.1, -0.05) is 18.2 Å². The van der Waals surface area contributed by atoms with Crippen LogP contribution in [0.15, 0.2) is 30.3 Å². The van der Waals surface area contributed by atoms with Crippen molar-refractivity contribution in [1.82, 2.24) is 15.1 Å². The SMILES string of the molecule is N#Cc1c2c(nn1-c1ccccc1)CNCC2. The van der Waals surface area contributed by atoms with Crippen LogP contribution in [0.25, 0.3) is 5.69 Å². The highest BCUT2D eigenvalue weighted by Gasteiger charge is 2.20. The van der Waals surface area contributed by atoms with E-state index in [4.69, 9.17) is 0 Å². The molecule has 2 aromatic rings. The lowest BCUT2D eigenvalue weighted by Gasteiger charge is -2.10. The van der Waals surface area contributed by atoms with Gasteiger partial charge < -0.3 is 5.32 Å². The first-order chi connectivity index (χ1) is 8.40. The molecule has 1 N–H and O–H groups in total. The van der Waals surface area contributed by atoms with Gasteiger partial charge in [0.15, 0.2) is 0 Å². The lowest BCUT2D eigenvalue weighted by atomic mass is 10.1. The van der Waals surface area contributed by atoms with Crippen LogP contribution in [0.4, 0.5) is 0 Å². The maximum atomic E-state index is 9.29. The van der Waals surface area contributed by atoms with Crippen LogP contribution >= 0.6 is 0 Å². The van der Waals surface area contributed by atoms with Gasteiger partial charge in [-0.25, -0.2) is 4.68 Å². The Labute approximate surface area is 99.5 Å². The summed E-state index contributed by atoms with van der Waals surface area (Å²) in [6.07, 6.45) is 0.880. The van der Waals surface area contributed by atoms with Crippen LogP contribution in [0.2, 0.25) is 0 Å². The molecular formula is C13H12N4. The number of rotatable bonds is 1. The fourth-order valence-corrected chi connectivity index (χ4v) is 2.19. The maximum Gasteiger partial charge on any atom is 0.147 e. The molecule has 1 aliphatic heterocycles. The molecule has 0 saturated heterocycles. The molecule has 0 fully saturated rings. The van der Waals surface area contributed by atoms with Gasteiger partial charge in [0, 0.05) is 12.1 Å². The average molecular weight is 224 g/mol. The Kier molecular flexibility index (Phi) is 2.39. The summed E-state index contributed by atoms with van der Waals surface area (Å²) in [6.45, 7) is 1.67. The lowest BCUT2D eigenvalue weighted by Crippen LogP contribution is -2.23. The van der Waals surface area contributed by atoms with Crippen LogP contribution in [0.3, 0.4) is 0 Å². The first kappa shape index (κ1) is 10.1. The van der Waals surface area contributed by atoms with Gasteiger partial charge in [-0.3, -0.25) is 0 Å². The standard InChI is InChI=1S/C13H12N4/c14-8-13-11-6-7-15-9-12(11)16-17(13)10-4-2-1-3-5-10/h1-5,15H,6-7,9H2. The topological polar surface area (TPSA) is 53.6 Å². The number of hydrogen-bond acceptors (Lipinski definition) is 3. The van der Waals surface area contributed by atoms with Crippen molar-refractivity contribution in [1.29, 1.82) is 5.26 Å². The van der Waals surface area contributed by atoms with Crippen molar-refractivity contribution in [2.45, 2.75) is 13.0 Å². The molecule has 0 spiro atoms. The number of aromatic nitrogens is 2. The monoisotopic (exact) mass is 224 g/mol. The quantitative estimate of drug-likeness (QED) is 0.796. The summed E-state index contributed by atoms with van der Waals surface area (Å²) in [6, 6.07) is 12.1. The van der Waals surface area contributed by atoms with E-state index in [0.717, 1.165) is 36.5 Å². The number of hydrogen-bond donors (Lipinski definition) is 1. The van der Waals surface area contributed by atoms with Crippen molar-refractivity contribution in [2.75, 3.05) is 6.54 Å². The second-order valence-electron chi connectivity index (χ2n) is 4.06. The van der Waals surface area contributed by atoms with Gasteiger partial charge in [0.05, 0.1) is 11.4 Å². The van der Waals surface area contributed by atoms with Crippen molar-refractivity contribution in [3.8, 4) is 11.8 Å². The van der Waals surface area contributed by atoms with Gasteiger partial charge in [0.2, 0.25) is 0 Å². The van der Waals surface area contributed by atoms with Crippen molar-refractivity contribution in [2.24, 2.45) is 0 Å². The molecule has 0 aliphatic carbocycles. The summed E-state index contributed by atoms with van der Waals surface area (Å²) >= 11 is 0. The minimum Gasteiger partial charge on any atom is -0.311 e. The fraction of sp³-hybridized carbons (Fsp3) is 0.231. The van der Waals surface area contributed by atoms with Gasteiger partial charge in [-0.2, -0.15) is 10.4 Å². The molecule has 84 valence electrons. The molecule has 1 aliphatic rings. The molecular weight excluding hydrogens is 212 g/mol. The molecule has 0 amide bonds. The molecule has 1 aromatic carbocycles. The zero-order chi connectivity index (χ0) is 11.7. The molecule has 0 unspecified atom stereocenters. The molecule has 17 heavy (non-hydrogen) atoms. The van der Waals surface area contributed by atoms with E-state index in [-0.39, 0.29) is 0 Å². The molecule has 3 rings (SSSR count). The van der Waals surface area contributed by atoms with E-state index < -0.39 is 0 Å². The van der Waals surface area contributed by atoms with Gasteiger partial charge >= 0.3 is 0 Å². The first-order valence-corrected chi connectivity index (χ1v) is 5.67. The summed E-state index contributed by atoms with van der Waals surface area (Å²) in [5.74, 6) is 0. The largest absolute Gasteiger partial charge is 0.311 e. The molecule has 0 radical (unpaired) electrons. The summed E-state index contributed by atoms with van der Waals surface area (Å²) in [5, 5.41) is 17.1. The summed E-state index contributed by atoms with van der Waals surface area (Å²) in [7, 11) is 0. The van der Waals surface area contributed by atoms with Crippen LogP contribution in [0.5, 0.6) is 0 Å². The molecule has 0 atom stereocenters. The Morgan fingerprint density at radius 1 is 1.29 bits per heavy atom. The highest BCUT2D eigenvalue weighted by Crippen LogP contribution is 2.20. The van der Waals surface area contributed by atoms with E-state index in [0.29, 0.717) is 5.69 Å².